The topological polar surface area (TPSA) is 47.8 Å². The van der Waals surface area contributed by atoms with Gasteiger partial charge in [-0.05, 0) is 36.8 Å². The van der Waals surface area contributed by atoms with Crippen molar-refractivity contribution in [3.8, 4) is 17.1 Å². The molecule has 5 heteroatoms. The number of aldehydes is 1. The van der Waals surface area contributed by atoms with Crippen molar-refractivity contribution in [3.63, 3.8) is 0 Å². The number of aromatic nitrogens is 3. The van der Waals surface area contributed by atoms with Gasteiger partial charge in [-0.15, -0.1) is 0 Å². The van der Waals surface area contributed by atoms with Gasteiger partial charge in [-0.25, -0.2) is 9.67 Å². The first-order valence-electron chi connectivity index (χ1n) is 6.41. The number of benzene rings is 1. The average molecular weight is 298 g/mol. The molecule has 21 heavy (non-hydrogen) atoms. The second-order valence-corrected chi connectivity index (χ2v) is 5.13. The number of nitrogens with zero attached hydrogens (tertiary/aromatic N) is 3. The first-order valence-corrected chi connectivity index (χ1v) is 6.79. The van der Waals surface area contributed by atoms with Crippen molar-refractivity contribution >= 4 is 17.9 Å². The van der Waals surface area contributed by atoms with Crippen LogP contribution in [0.3, 0.4) is 0 Å². The van der Waals surface area contributed by atoms with Crippen LogP contribution < -0.4 is 0 Å². The molecule has 2 aromatic heterocycles. The summed E-state index contributed by atoms with van der Waals surface area (Å²) in [6.45, 7) is 1.98. The van der Waals surface area contributed by atoms with Crippen molar-refractivity contribution in [2.45, 2.75) is 6.92 Å². The lowest BCUT2D eigenvalue weighted by molar-refractivity contribution is 0.112. The van der Waals surface area contributed by atoms with E-state index in [1.165, 1.54) is 0 Å². The third-order valence-corrected chi connectivity index (χ3v) is 3.37. The molecule has 4 nitrogen and oxygen atoms in total. The van der Waals surface area contributed by atoms with Gasteiger partial charge in [0.15, 0.2) is 12.1 Å². The Balaban J connectivity index is 2.10. The van der Waals surface area contributed by atoms with E-state index in [4.69, 9.17) is 11.6 Å². The standard InChI is InChI=1S/C16H12ClN3O/c1-11-6-7-18-15(8-11)20-9-13(10-21)16(19-20)12-2-4-14(17)5-3-12/h2-10H,1H3. The van der Waals surface area contributed by atoms with Gasteiger partial charge in [0.25, 0.3) is 0 Å². The zero-order valence-electron chi connectivity index (χ0n) is 11.3. The minimum absolute atomic E-state index is 0.514. The number of hydrogen-bond donors (Lipinski definition) is 0. The van der Waals surface area contributed by atoms with Crippen molar-refractivity contribution in [1.29, 1.82) is 0 Å². The Hall–Kier alpha value is -2.46. The van der Waals surface area contributed by atoms with E-state index in [1.807, 2.05) is 31.2 Å². The quantitative estimate of drug-likeness (QED) is 0.692. The molecule has 0 spiro atoms. The van der Waals surface area contributed by atoms with Crippen molar-refractivity contribution < 1.29 is 4.79 Å². The third kappa shape index (κ3) is 2.71. The molecule has 0 saturated carbocycles. The van der Waals surface area contributed by atoms with Crippen molar-refractivity contribution in [1.82, 2.24) is 14.8 Å². The van der Waals surface area contributed by atoms with E-state index in [9.17, 15) is 4.79 Å². The van der Waals surface area contributed by atoms with Gasteiger partial charge < -0.3 is 0 Å². The van der Waals surface area contributed by atoms with Crippen LogP contribution in [0.4, 0.5) is 0 Å². The molecule has 3 aromatic rings. The van der Waals surface area contributed by atoms with Crippen molar-refractivity contribution in [2.75, 3.05) is 0 Å². The molecular formula is C16H12ClN3O. The summed E-state index contributed by atoms with van der Waals surface area (Å²) in [5, 5.41) is 5.12. The Morgan fingerprint density at radius 2 is 1.95 bits per heavy atom. The summed E-state index contributed by atoms with van der Waals surface area (Å²) in [7, 11) is 0. The van der Waals surface area contributed by atoms with Gasteiger partial charge in [0.1, 0.15) is 5.69 Å². The number of pyridine rings is 1. The van der Waals surface area contributed by atoms with Gasteiger partial charge in [-0.1, -0.05) is 23.7 Å². The lowest BCUT2D eigenvalue weighted by atomic mass is 10.1. The van der Waals surface area contributed by atoms with Gasteiger partial charge in [-0.2, -0.15) is 5.10 Å². The molecule has 1 aromatic carbocycles. The summed E-state index contributed by atoms with van der Waals surface area (Å²) in [5.41, 5.74) is 3.05. The second-order valence-electron chi connectivity index (χ2n) is 4.69. The van der Waals surface area contributed by atoms with E-state index >= 15 is 0 Å². The molecule has 3 rings (SSSR count). The predicted molar refractivity (Wildman–Crippen MR) is 81.9 cm³/mol. The van der Waals surface area contributed by atoms with E-state index in [0.717, 1.165) is 17.4 Å². The van der Waals surface area contributed by atoms with E-state index in [0.29, 0.717) is 22.1 Å². The SMILES string of the molecule is Cc1ccnc(-n2cc(C=O)c(-c3ccc(Cl)cc3)n2)c1. The number of rotatable bonds is 3. The number of hydrogen-bond acceptors (Lipinski definition) is 3. The van der Waals surface area contributed by atoms with Crippen LogP contribution in [0.1, 0.15) is 15.9 Å². The molecule has 0 radical (unpaired) electrons. The molecule has 104 valence electrons. The van der Waals surface area contributed by atoms with E-state index in [2.05, 4.69) is 10.1 Å². The fraction of sp³-hybridized carbons (Fsp3) is 0.0625. The summed E-state index contributed by atoms with van der Waals surface area (Å²) < 4.78 is 1.61. The summed E-state index contributed by atoms with van der Waals surface area (Å²) in [6, 6.07) is 11.0. The Bertz CT molecular complexity index is 794. The number of carbonyl (C=O) groups is 1. The smallest absolute Gasteiger partial charge is 0.153 e. The normalized spacial score (nSPS) is 10.6. The van der Waals surface area contributed by atoms with Gasteiger partial charge in [-0.3, -0.25) is 4.79 Å². The molecule has 0 saturated heterocycles. The highest BCUT2D eigenvalue weighted by Gasteiger charge is 2.12. The lowest BCUT2D eigenvalue weighted by Crippen LogP contribution is -1.98. The molecule has 0 amide bonds. The van der Waals surface area contributed by atoms with Crippen molar-refractivity contribution in [2.24, 2.45) is 0 Å². The molecular weight excluding hydrogens is 286 g/mol. The van der Waals surface area contributed by atoms with Gasteiger partial charge in [0, 0.05) is 23.0 Å². The minimum Gasteiger partial charge on any atom is -0.298 e. The molecule has 0 fully saturated rings. The van der Waals surface area contributed by atoms with Crippen LogP contribution in [0, 0.1) is 6.92 Å². The Labute approximate surface area is 127 Å². The van der Waals surface area contributed by atoms with Crippen LogP contribution in [-0.4, -0.2) is 21.1 Å². The summed E-state index contributed by atoms with van der Waals surface area (Å²) in [5.74, 6) is 0.679. The van der Waals surface area contributed by atoms with E-state index < -0.39 is 0 Å². The summed E-state index contributed by atoms with van der Waals surface area (Å²) in [4.78, 5) is 15.5. The fourth-order valence-corrected chi connectivity index (χ4v) is 2.19. The maximum atomic E-state index is 11.3. The molecule has 0 unspecified atom stereocenters. The number of aryl methyl sites for hydroxylation is 1. The highest BCUT2D eigenvalue weighted by atomic mass is 35.5. The largest absolute Gasteiger partial charge is 0.298 e. The first-order chi connectivity index (χ1) is 10.2. The van der Waals surface area contributed by atoms with Crippen LogP contribution in [0.25, 0.3) is 17.1 Å². The van der Waals surface area contributed by atoms with Gasteiger partial charge in [0.2, 0.25) is 0 Å². The number of carbonyl (C=O) groups excluding carboxylic acids is 1. The van der Waals surface area contributed by atoms with Crippen LogP contribution in [-0.2, 0) is 0 Å². The van der Waals surface area contributed by atoms with Crippen LogP contribution in [0.15, 0.2) is 48.8 Å². The maximum Gasteiger partial charge on any atom is 0.153 e. The zero-order valence-corrected chi connectivity index (χ0v) is 12.1. The van der Waals surface area contributed by atoms with Gasteiger partial charge in [0.05, 0.1) is 5.56 Å². The Morgan fingerprint density at radius 3 is 2.62 bits per heavy atom. The highest BCUT2D eigenvalue weighted by Crippen LogP contribution is 2.23. The second kappa shape index (κ2) is 5.50. The molecule has 0 atom stereocenters. The zero-order chi connectivity index (χ0) is 14.8. The Morgan fingerprint density at radius 1 is 1.19 bits per heavy atom. The molecule has 0 aliphatic carbocycles. The third-order valence-electron chi connectivity index (χ3n) is 3.12. The average Bonchev–Trinajstić information content (AvgIpc) is 2.92. The summed E-state index contributed by atoms with van der Waals surface area (Å²) in [6.07, 6.45) is 4.19. The van der Waals surface area contributed by atoms with Crippen LogP contribution >= 0.6 is 11.6 Å². The summed E-state index contributed by atoms with van der Waals surface area (Å²) >= 11 is 5.89. The monoisotopic (exact) mass is 297 g/mol. The lowest BCUT2D eigenvalue weighted by Gasteiger charge is -2.01. The maximum absolute atomic E-state index is 11.3. The fourth-order valence-electron chi connectivity index (χ4n) is 2.07. The Kier molecular flexibility index (Phi) is 3.54. The predicted octanol–water partition coefficient (Wildman–Crippen LogP) is 3.71. The number of halogens is 1. The molecule has 2 heterocycles. The first kappa shape index (κ1) is 13.5. The van der Waals surface area contributed by atoms with E-state index in [1.54, 1.807) is 29.2 Å². The van der Waals surface area contributed by atoms with Crippen LogP contribution in [0.5, 0.6) is 0 Å². The highest BCUT2D eigenvalue weighted by molar-refractivity contribution is 6.30. The van der Waals surface area contributed by atoms with E-state index in [-0.39, 0.29) is 0 Å². The minimum atomic E-state index is 0.514. The van der Waals surface area contributed by atoms with Crippen molar-refractivity contribution in [3.05, 3.63) is 64.9 Å². The molecule has 0 aliphatic rings. The molecule has 0 N–H and O–H groups in total. The molecule has 0 aliphatic heterocycles. The van der Waals surface area contributed by atoms with Gasteiger partial charge >= 0.3 is 0 Å². The molecule has 0 bridgehead atoms. The van der Waals surface area contributed by atoms with Crippen LogP contribution in [0.2, 0.25) is 5.02 Å².